The molecule has 0 spiro atoms. The van der Waals surface area contributed by atoms with Crippen molar-refractivity contribution in [1.29, 1.82) is 0 Å². The zero-order chi connectivity index (χ0) is 20.2. The standard InChI is InChI=1S/C19H25ClN2O5/c1-3-12(2)15(21-16(23)13-4-6-14(20)7-5-13)17(24)22-10-8-19(27,9-11-22)18(25)26/h4-7,12,15,27H,3,8-11H2,1-2H3,(H,21,23)(H,25,26). The summed E-state index contributed by atoms with van der Waals surface area (Å²) in [6, 6.07) is 5.66. The first kappa shape index (κ1) is 21.2. The summed E-state index contributed by atoms with van der Waals surface area (Å²) in [6.07, 6.45) is 0.614. The lowest BCUT2D eigenvalue weighted by Crippen LogP contribution is -2.56. The number of hydrogen-bond donors (Lipinski definition) is 3. The monoisotopic (exact) mass is 396 g/mol. The van der Waals surface area contributed by atoms with Crippen molar-refractivity contribution in [2.24, 2.45) is 5.92 Å². The van der Waals surface area contributed by atoms with E-state index in [9.17, 15) is 19.5 Å². The second-order valence-corrected chi connectivity index (χ2v) is 7.44. The number of aliphatic hydroxyl groups is 1. The van der Waals surface area contributed by atoms with E-state index < -0.39 is 17.6 Å². The van der Waals surface area contributed by atoms with Crippen molar-refractivity contribution >= 4 is 29.4 Å². The van der Waals surface area contributed by atoms with Gasteiger partial charge in [-0.2, -0.15) is 0 Å². The molecule has 1 aliphatic rings. The lowest BCUT2D eigenvalue weighted by atomic mass is 9.90. The minimum atomic E-state index is -1.80. The maximum atomic E-state index is 13.0. The summed E-state index contributed by atoms with van der Waals surface area (Å²) in [7, 11) is 0. The van der Waals surface area contributed by atoms with Crippen molar-refractivity contribution in [1.82, 2.24) is 10.2 Å². The highest BCUT2D eigenvalue weighted by Crippen LogP contribution is 2.24. The average Bonchev–Trinajstić information content (AvgIpc) is 2.65. The Kier molecular flexibility index (Phi) is 6.84. The second kappa shape index (κ2) is 8.71. The number of amides is 2. The van der Waals surface area contributed by atoms with E-state index in [0.717, 1.165) is 0 Å². The van der Waals surface area contributed by atoms with Gasteiger partial charge in [0.1, 0.15) is 6.04 Å². The zero-order valence-electron chi connectivity index (χ0n) is 15.4. The molecule has 2 atom stereocenters. The fourth-order valence-electron chi connectivity index (χ4n) is 3.02. The highest BCUT2D eigenvalue weighted by Gasteiger charge is 2.42. The van der Waals surface area contributed by atoms with Gasteiger partial charge in [0.2, 0.25) is 5.91 Å². The van der Waals surface area contributed by atoms with E-state index >= 15 is 0 Å². The molecule has 0 aliphatic carbocycles. The Morgan fingerprint density at radius 3 is 2.26 bits per heavy atom. The molecule has 7 nitrogen and oxygen atoms in total. The number of aliphatic carboxylic acids is 1. The molecule has 148 valence electrons. The van der Waals surface area contributed by atoms with Gasteiger partial charge in [-0.1, -0.05) is 31.9 Å². The molecule has 1 aromatic rings. The number of carbonyl (C=O) groups is 3. The van der Waals surface area contributed by atoms with Gasteiger partial charge in [0, 0.05) is 36.5 Å². The van der Waals surface area contributed by atoms with Crippen LogP contribution in [0.15, 0.2) is 24.3 Å². The number of nitrogens with zero attached hydrogens (tertiary/aromatic N) is 1. The van der Waals surface area contributed by atoms with E-state index in [1.807, 2.05) is 13.8 Å². The van der Waals surface area contributed by atoms with Crippen LogP contribution in [0.25, 0.3) is 0 Å². The fraction of sp³-hybridized carbons (Fsp3) is 0.526. The van der Waals surface area contributed by atoms with Gasteiger partial charge in [0.15, 0.2) is 5.60 Å². The second-order valence-electron chi connectivity index (χ2n) is 7.01. The molecule has 1 aromatic carbocycles. The van der Waals surface area contributed by atoms with Crippen molar-refractivity contribution in [3.05, 3.63) is 34.9 Å². The largest absolute Gasteiger partial charge is 0.479 e. The van der Waals surface area contributed by atoms with Crippen molar-refractivity contribution in [3.8, 4) is 0 Å². The van der Waals surface area contributed by atoms with E-state index in [-0.39, 0.29) is 43.7 Å². The number of rotatable bonds is 6. The Balaban J connectivity index is 2.09. The lowest BCUT2D eigenvalue weighted by molar-refractivity contribution is -0.165. The average molecular weight is 397 g/mol. The van der Waals surface area contributed by atoms with Crippen LogP contribution in [-0.4, -0.2) is 57.6 Å². The zero-order valence-corrected chi connectivity index (χ0v) is 16.2. The number of likely N-dealkylation sites (tertiary alicyclic amines) is 1. The normalized spacial score (nSPS) is 18.4. The van der Waals surface area contributed by atoms with Crippen LogP contribution in [0, 0.1) is 5.92 Å². The predicted molar refractivity (Wildman–Crippen MR) is 101 cm³/mol. The first-order valence-electron chi connectivity index (χ1n) is 8.99. The predicted octanol–water partition coefficient (Wildman–Crippen LogP) is 1.92. The van der Waals surface area contributed by atoms with Crippen molar-refractivity contribution in [3.63, 3.8) is 0 Å². The topological polar surface area (TPSA) is 107 Å². The number of benzene rings is 1. The number of nitrogens with one attached hydrogen (secondary N) is 1. The van der Waals surface area contributed by atoms with Gasteiger partial charge < -0.3 is 20.4 Å². The molecule has 0 bridgehead atoms. The molecule has 3 N–H and O–H groups in total. The fourth-order valence-corrected chi connectivity index (χ4v) is 3.14. The Morgan fingerprint density at radius 1 is 1.22 bits per heavy atom. The summed E-state index contributed by atoms with van der Waals surface area (Å²) >= 11 is 5.84. The summed E-state index contributed by atoms with van der Waals surface area (Å²) in [5.41, 5.74) is -1.39. The van der Waals surface area contributed by atoms with Crippen LogP contribution in [0.5, 0.6) is 0 Å². The van der Waals surface area contributed by atoms with Gasteiger partial charge in [-0.25, -0.2) is 4.79 Å². The van der Waals surface area contributed by atoms with Crippen LogP contribution in [-0.2, 0) is 9.59 Å². The first-order valence-corrected chi connectivity index (χ1v) is 9.36. The third-order valence-corrected chi connectivity index (χ3v) is 5.42. The van der Waals surface area contributed by atoms with E-state index in [4.69, 9.17) is 16.7 Å². The highest BCUT2D eigenvalue weighted by molar-refractivity contribution is 6.30. The maximum absolute atomic E-state index is 13.0. The molecule has 1 saturated heterocycles. The van der Waals surface area contributed by atoms with Gasteiger partial charge in [-0.15, -0.1) is 0 Å². The smallest absolute Gasteiger partial charge is 0.335 e. The number of halogens is 1. The number of carboxylic acid groups (broad SMARTS) is 1. The Labute approximate surface area is 163 Å². The molecule has 2 unspecified atom stereocenters. The van der Waals surface area contributed by atoms with Gasteiger partial charge in [0.05, 0.1) is 0 Å². The van der Waals surface area contributed by atoms with Gasteiger partial charge in [0.25, 0.3) is 5.91 Å². The molecule has 8 heteroatoms. The lowest BCUT2D eigenvalue weighted by Gasteiger charge is -2.38. The van der Waals surface area contributed by atoms with Gasteiger partial charge in [-0.05, 0) is 30.2 Å². The van der Waals surface area contributed by atoms with Gasteiger partial charge >= 0.3 is 5.97 Å². The molecule has 0 aromatic heterocycles. The minimum absolute atomic E-state index is 0.0353. The van der Waals surface area contributed by atoms with Crippen molar-refractivity contribution in [2.75, 3.05) is 13.1 Å². The molecule has 0 radical (unpaired) electrons. The number of hydrogen-bond acceptors (Lipinski definition) is 4. The van der Waals surface area contributed by atoms with E-state index in [2.05, 4.69) is 5.32 Å². The molecule has 1 fully saturated rings. The number of piperidine rings is 1. The van der Waals surface area contributed by atoms with Crippen molar-refractivity contribution in [2.45, 2.75) is 44.8 Å². The van der Waals surface area contributed by atoms with Crippen LogP contribution in [0.2, 0.25) is 5.02 Å². The summed E-state index contributed by atoms with van der Waals surface area (Å²) in [5, 5.41) is 22.4. The van der Waals surface area contributed by atoms with E-state index in [1.165, 1.54) is 4.90 Å². The van der Waals surface area contributed by atoms with Crippen LogP contribution in [0.1, 0.15) is 43.5 Å². The SMILES string of the molecule is CCC(C)C(NC(=O)c1ccc(Cl)cc1)C(=O)N1CCC(O)(C(=O)O)CC1. The van der Waals surface area contributed by atoms with Gasteiger partial charge in [-0.3, -0.25) is 9.59 Å². The summed E-state index contributed by atoms with van der Waals surface area (Å²) in [4.78, 5) is 38.1. The van der Waals surface area contributed by atoms with Crippen LogP contribution >= 0.6 is 11.6 Å². The van der Waals surface area contributed by atoms with E-state index in [1.54, 1.807) is 24.3 Å². The molecule has 1 heterocycles. The summed E-state index contributed by atoms with van der Waals surface area (Å²) < 4.78 is 0. The number of carboxylic acids is 1. The minimum Gasteiger partial charge on any atom is -0.479 e. The van der Waals surface area contributed by atoms with Crippen molar-refractivity contribution < 1.29 is 24.6 Å². The molecule has 1 aliphatic heterocycles. The first-order chi connectivity index (χ1) is 12.7. The van der Waals surface area contributed by atoms with E-state index in [0.29, 0.717) is 17.0 Å². The summed E-state index contributed by atoms with van der Waals surface area (Å²) in [5.74, 6) is -2.01. The van der Waals surface area contributed by atoms with Crippen LogP contribution in [0.3, 0.4) is 0 Å². The summed E-state index contributed by atoms with van der Waals surface area (Å²) in [6.45, 7) is 4.07. The highest BCUT2D eigenvalue weighted by atomic mass is 35.5. The molecular weight excluding hydrogens is 372 g/mol. The molecule has 0 saturated carbocycles. The third kappa shape index (κ3) is 4.99. The molecule has 2 amide bonds. The Bertz CT molecular complexity index is 699. The van der Waals surface area contributed by atoms with Crippen LogP contribution in [0.4, 0.5) is 0 Å². The number of carbonyl (C=O) groups excluding carboxylic acids is 2. The molecular formula is C19H25ClN2O5. The quantitative estimate of drug-likeness (QED) is 0.681. The Morgan fingerprint density at radius 2 is 1.78 bits per heavy atom. The molecule has 27 heavy (non-hydrogen) atoms. The maximum Gasteiger partial charge on any atom is 0.335 e. The molecule has 2 rings (SSSR count). The van der Waals surface area contributed by atoms with Crippen LogP contribution < -0.4 is 5.32 Å². The Hall–Kier alpha value is -2.12. The third-order valence-electron chi connectivity index (χ3n) is 5.17.